The summed E-state index contributed by atoms with van der Waals surface area (Å²) >= 11 is 1.68. The number of hydrogen-bond acceptors (Lipinski definition) is 5. The van der Waals surface area contributed by atoms with Gasteiger partial charge in [-0.05, 0) is 31.4 Å². The van der Waals surface area contributed by atoms with E-state index in [9.17, 15) is 9.59 Å². The molecular weight excluding hydrogens is 324 g/mol. The standard InChI is InChI=1S/C17H20N4O2S/c1-2-13-10-24-16(20-13)12-4-3-7-21(9-12)17(23)14-6-5-11(8-19-14)15(18)22/h5-6,8,10,12H,2-4,7,9H2,1H3,(H2,18,22). The van der Waals surface area contributed by atoms with Crippen molar-refractivity contribution in [3.63, 3.8) is 0 Å². The predicted octanol–water partition coefficient (Wildman–Crippen LogP) is 2.22. The van der Waals surface area contributed by atoms with Gasteiger partial charge in [-0.25, -0.2) is 4.98 Å². The Bertz CT molecular complexity index is 741. The minimum absolute atomic E-state index is 0.108. The summed E-state index contributed by atoms with van der Waals surface area (Å²) in [5.41, 5.74) is 6.96. The number of hydrogen-bond donors (Lipinski definition) is 1. The van der Waals surface area contributed by atoms with Crippen molar-refractivity contribution in [2.45, 2.75) is 32.1 Å². The van der Waals surface area contributed by atoms with E-state index in [-0.39, 0.29) is 11.8 Å². The van der Waals surface area contributed by atoms with Crippen molar-refractivity contribution in [1.29, 1.82) is 0 Å². The Morgan fingerprint density at radius 1 is 1.42 bits per heavy atom. The first-order valence-corrected chi connectivity index (χ1v) is 8.96. The molecule has 2 aromatic heterocycles. The van der Waals surface area contributed by atoms with Crippen molar-refractivity contribution >= 4 is 23.2 Å². The van der Waals surface area contributed by atoms with Gasteiger partial charge in [0.1, 0.15) is 5.69 Å². The van der Waals surface area contributed by atoms with Gasteiger partial charge in [0.05, 0.1) is 16.3 Å². The number of carbonyl (C=O) groups excluding carboxylic acids is 2. The Hall–Kier alpha value is -2.28. The van der Waals surface area contributed by atoms with Crippen LogP contribution >= 0.6 is 11.3 Å². The van der Waals surface area contributed by atoms with E-state index in [2.05, 4.69) is 22.3 Å². The van der Waals surface area contributed by atoms with Gasteiger partial charge in [-0.15, -0.1) is 11.3 Å². The number of aryl methyl sites for hydroxylation is 1. The fourth-order valence-corrected chi connectivity index (χ4v) is 3.89. The first-order chi connectivity index (χ1) is 11.6. The summed E-state index contributed by atoms with van der Waals surface area (Å²) in [4.78, 5) is 34.3. The molecule has 0 aliphatic carbocycles. The van der Waals surface area contributed by atoms with Crippen molar-refractivity contribution in [2.24, 2.45) is 5.73 Å². The SMILES string of the molecule is CCc1csc(C2CCCN(C(=O)c3ccc(C(N)=O)cn3)C2)n1. The molecule has 1 unspecified atom stereocenters. The zero-order valence-corrected chi connectivity index (χ0v) is 14.4. The molecule has 1 saturated heterocycles. The first-order valence-electron chi connectivity index (χ1n) is 8.08. The van der Waals surface area contributed by atoms with E-state index in [0.29, 0.717) is 17.8 Å². The zero-order valence-electron chi connectivity index (χ0n) is 13.6. The van der Waals surface area contributed by atoms with Gasteiger partial charge in [-0.2, -0.15) is 0 Å². The number of aromatic nitrogens is 2. The van der Waals surface area contributed by atoms with Crippen molar-refractivity contribution < 1.29 is 9.59 Å². The topological polar surface area (TPSA) is 89.2 Å². The van der Waals surface area contributed by atoms with E-state index in [1.807, 2.05) is 4.90 Å². The lowest BCUT2D eigenvalue weighted by Gasteiger charge is -2.31. The maximum atomic E-state index is 12.6. The number of pyridine rings is 1. The smallest absolute Gasteiger partial charge is 0.272 e. The molecule has 2 N–H and O–H groups in total. The third-order valence-corrected chi connectivity index (χ3v) is 5.31. The van der Waals surface area contributed by atoms with Crippen LogP contribution in [0.15, 0.2) is 23.7 Å². The zero-order chi connectivity index (χ0) is 17.1. The van der Waals surface area contributed by atoms with E-state index in [4.69, 9.17) is 5.73 Å². The fraction of sp³-hybridized carbons (Fsp3) is 0.412. The molecule has 1 aliphatic heterocycles. The minimum atomic E-state index is -0.546. The predicted molar refractivity (Wildman–Crippen MR) is 92.1 cm³/mol. The monoisotopic (exact) mass is 344 g/mol. The summed E-state index contributed by atoms with van der Waals surface area (Å²) in [6.45, 7) is 3.48. The van der Waals surface area contributed by atoms with Crippen LogP contribution in [0.2, 0.25) is 0 Å². The van der Waals surface area contributed by atoms with Crippen LogP contribution in [0, 0.1) is 0 Å². The quantitative estimate of drug-likeness (QED) is 0.921. The molecule has 126 valence electrons. The second-order valence-corrected chi connectivity index (χ2v) is 6.81. The molecular formula is C17H20N4O2S. The molecule has 0 aromatic carbocycles. The third kappa shape index (κ3) is 3.46. The number of carbonyl (C=O) groups is 2. The van der Waals surface area contributed by atoms with Crippen LogP contribution in [-0.4, -0.2) is 39.8 Å². The lowest BCUT2D eigenvalue weighted by Crippen LogP contribution is -2.39. The summed E-state index contributed by atoms with van der Waals surface area (Å²) in [6, 6.07) is 3.10. The molecule has 1 aliphatic rings. The van der Waals surface area contributed by atoms with Gasteiger partial charge in [0.25, 0.3) is 5.91 Å². The van der Waals surface area contributed by atoms with E-state index in [1.165, 1.54) is 6.20 Å². The van der Waals surface area contributed by atoms with Crippen LogP contribution in [0.5, 0.6) is 0 Å². The van der Waals surface area contributed by atoms with Crippen LogP contribution in [0.3, 0.4) is 0 Å². The highest BCUT2D eigenvalue weighted by atomic mass is 32.1. The van der Waals surface area contributed by atoms with Crippen LogP contribution in [0.4, 0.5) is 0 Å². The fourth-order valence-electron chi connectivity index (χ4n) is 2.86. The van der Waals surface area contributed by atoms with Gasteiger partial charge >= 0.3 is 0 Å². The molecule has 1 atom stereocenters. The molecule has 1 fully saturated rings. The molecule has 24 heavy (non-hydrogen) atoms. The van der Waals surface area contributed by atoms with Gasteiger partial charge < -0.3 is 10.6 Å². The van der Waals surface area contributed by atoms with Crippen molar-refractivity contribution in [3.05, 3.63) is 45.7 Å². The molecule has 0 saturated carbocycles. The number of thiazole rings is 1. The van der Waals surface area contributed by atoms with E-state index >= 15 is 0 Å². The number of nitrogens with zero attached hydrogens (tertiary/aromatic N) is 3. The number of likely N-dealkylation sites (tertiary alicyclic amines) is 1. The number of piperidine rings is 1. The summed E-state index contributed by atoms with van der Waals surface area (Å²) in [7, 11) is 0. The lowest BCUT2D eigenvalue weighted by molar-refractivity contribution is 0.0700. The van der Waals surface area contributed by atoms with Crippen LogP contribution in [0.25, 0.3) is 0 Å². The van der Waals surface area contributed by atoms with Gasteiger partial charge in [0.15, 0.2) is 0 Å². The third-order valence-electron chi connectivity index (χ3n) is 4.26. The number of primary amides is 1. The van der Waals surface area contributed by atoms with E-state index in [1.54, 1.807) is 23.5 Å². The average Bonchev–Trinajstić information content (AvgIpc) is 3.10. The molecule has 3 rings (SSSR count). The molecule has 2 amide bonds. The van der Waals surface area contributed by atoms with Crippen molar-refractivity contribution in [3.8, 4) is 0 Å². The maximum Gasteiger partial charge on any atom is 0.272 e. The van der Waals surface area contributed by atoms with Crippen molar-refractivity contribution in [2.75, 3.05) is 13.1 Å². The molecule has 7 heteroatoms. The molecule has 0 spiro atoms. The molecule has 0 radical (unpaired) electrons. The van der Waals surface area contributed by atoms with Gasteiger partial charge in [-0.1, -0.05) is 6.92 Å². The highest BCUT2D eigenvalue weighted by molar-refractivity contribution is 7.09. The largest absolute Gasteiger partial charge is 0.366 e. The molecule has 6 nitrogen and oxygen atoms in total. The van der Waals surface area contributed by atoms with Gasteiger partial charge in [-0.3, -0.25) is 14.6 Å². The number of amides is 2. The Labute approximate surface area is 144 Å². The summed E-state index contributed by atoms with van der Waals surface area (Å²) in [5.74, 6) is -0.365. The average molecular weight is 344 g/mol. The van der Waals surface area contributed by atoms with Crippen molar-refractivity contribution in [1.82, 2.24) is 14.9 Å². The van der Waals surface area contributed by atoms with Crippen LogP contribution in [-0.2, 0) is 6.42 Å². The maximum absolute atomic E-state index is 12.6. The Morgan fingerprint density at radius 2 is 2.25 bits per heavy atom. The molecule has 2 aromatic rings. The highest BCUT2D eigenvalue weighted by Gasteiger charge is 2.27. The highest BCUT2D eigenvalue weighted by Crippen LogP contribution is 2.30. The first kappa shape index (κ1) is 16.6. The number of nitrogens with two attached hydrogens (primary N) is 1. The van der Waals surface area contributed by atoms with Gasteiger partial charge in [0, 0.05) is 30.6 Å². The summed E-state index contributed by atoms with van der Waals surface area (Å²) in [6.07, 6.45) is 4.29. The van der Waals surface area contributed by atoms with Crippen LogP contribution in [0.1, 0.15) is 57.2 Å². The summed E-state index contributed by atoms with van der Waals surface area (Å²) in [5, 5.41) is 3.21. The number of rotatable bonds is 4. The Morgan fingerprint density at radius 3 is 2.88 bits per heavy atom. The molecule has 3 heterocycles. The van der Waals surface area contributed by atoms with Crippen LogP contribution < -0.4 is 5.73 Å². The Kier molecular flexibility index (Phi) is 4.89. The normalized spacial score (nSPS) is 17.7. The summed E-state index contributed by atoms with van der Waals surface area (Å²) < 4.78 is 0. The lowest BCUT2D eigenvalue weighted by atomic mass is 9.98. The minimum Gasteiger partial charge on any atom is -0.366 e. The van der Waals surface area contributed by atoms with E-state index < -0.39 is 5.91 Å². The second-order valence-electron chi connectivity index (χ2n) is 5.92. The second kappa shape index (κ2) is 7.09. The molecule has 0 bridgehead atoms. The Balaban J connectivity index is 1.71. The van der Waals surface area contributed by atoms with E-state index in [0.717, 1.165) is 36.5 Å². The van der Waals surface area contributed by atoms with Gasteiger partial charge in [0.2, 0.25) is 5.91 Å².